The van der Waals surface area contributed by atoms with Crippen molar-refractivity contribution in [1.29, 1.82) is 0 Å². The van der Waals surface area contributed by atoms with Crippen LogP contribution < -0.4 is 10.6 Å². The van der Waals surface area contributed by atoms with Gasteiger partial charge in [0, 0.05) is 47.9 Å². The minimum Gasteiger partial charge on any atom is -0.391 e. The Kier molecular flexibility index (Phi) is 11.1. The smallest absolute Gasteiger partial charge is 0.321 e. The van der Waals surface area contributed by atoms with Gasteiger partial charge in [0.25, 0.3) is 0 Å². The zero-order chi connectivity index (χ0) is 34.1. The van der Waals surface area contributed by atoms with Gasteiger partial charge in [-0.05, 0) is 118 Å². The molecule has 0 bridgehead atoms. The number of halogens is 2. The predicted molar refractivity (Wildman–Crippen MR) is 200 cm³/mol. The van der Waals surface area contributed by atoms with Gasteiger partial charge in [0.05, 0.1) is 11.8 Å². The SMILES string of the molecule is Cc1c(NC(=O)N2C[C@@H](CC(C)C)[C@@H](O)C2)cc(F)cc1-c1ncnc2[nH]c(-c3ccc(CCN4CCC5(CCNCC5)CC4)cc3)cc12.Cl. The number of aromatic amines is 1. The first-order chi connectivity index (χ1) is 23.7. The van der Waals surface area contributed by atoms with E-state index >= 15 is 4.39 Å². The molecule has 4 aromatic rings. The predicted octanol–water partition coefficient (Wildman–Crippen LogP) is 7.04. The van der Waals surface area contributed by atoms with Gasteiger partial charge in [0.2, 0.25) is 0 Å². The number of β-amino-alcohol motifs (C(OH)–C–C–N with tert-alkyl or cyclic N) is 1. The van der Waals surface area contributed by atoms with E-state index < -0.39 is 11.9 Å². The van der Waals surface area contributed by atoms with Gasteiger partial charge in [-0.3, -0.25) is 0 Å². The van der Waals surface area contributed by atoms with Crippen LogP contribution in [0.15, 0.2) is 48.8 Å². The molecule has 7 rings (SSSR count). The number of nitrogens with one attached hydrogen (secondary N) is 3. The van der Waals surface area contributed by atoms with Crippen LogP contribution in [0.5, 0.6) is 0 Å². The first-order valence-corrected chi connectivity index (χ1v) is 18.1. The number of amides is 2. The number of carbonyl (C=O) groups is 1. The number of hydrogen-bond acceptors (Lipinski definition) is 6. The second-order valence-corrected chi connectivity index (χ2v) is 15.1. The molecule has 2 aromatic heterocycles. The van der Waals surface area contributed by atoms with E-state index in [1.807, 2.05) is 13.0 Å². The highest BCUT2D eigenvalue weighted by molar-refractivity contribution is 5.97. The summed E-state index contributed by atoms with van der Waals surface area (Å²) in [6.07, 6.45) is 8.11. The van der Waals surface area contributed by atoms with Gasteiger partial charge in [-0.1, -0.05) is 38.1 Å². The zero-order valence-corrected chi connectivity index (χ0v) is 30.3. The number of aromatic nitrogens is 3. The maximum Gasteiger partial charge on any atom is 0.321 e. The van der Waals surface area contributed by atoms with Crippen LogP contribution in [-0.2, 0) is 6.42 Å². The maximum atomic E-state index is 15.1. The third kappa shape index (κ3) is 7.83. The van der Waals surface area contributed by atoms with E-state index in [0.717, 1.165) is 36.0 Å². The lowest BCUT2D eigenvalue weighted by molar-refractivity contribution is 0.0746. The Labute approximate surface area is 300 Å². The van der Waals surface area contributed by atoms with E-state index in [2.05, 4.69) is 68.6 Å². The summed E-state index contributed by atoms with van der Waals surface area (Å²) in [5.74, 6) is -0.00542. The molecule has 0 saturated carbocycles. The topological polar surface area (TPSA) is 109 Å². The molecule has 3 aliphatic rings. The van der Waals surface area contributed by atoms with E-state index in [9.17, 15) is 9.90 Å². The number of piperidine rings is 2. The largest absolute Gasteiger partial charge is 0.391 e. The third-order valence-electron chi connectivity index (χ3n) is 11.3. The minimum absolute atomic E-state index is 0. The van der Waals surface area contributed by atoms with Crippen LogP contribution in [0.1, 0.15) is 57.1 Å². The van der Waals surface area contributed by atoms with Crippen LogP contribution >= 0.6 is 12.4 Å². The average Bonchev–Trinajstić information content (AvgIpc) is 3.70. The molecule has 11 heteroatoms. The number of benzene rings is 2. The van der Waals surface area contributed by atoms with Gasteiger partial charge in [0.15, 0.2) is 0 Å². The summed E-state index contributed by atoms with van der Waals surface area (Å²) >= 11 is 0. The van der Waals surface area contributed by atoms with Crippen molar-refractivity contribution in [1.82, 2.24) is 30.1 Å². The van der Waals surface area contributed by atoms with Crippen molar-refractivity contribution in [3.63, 3.8) is 0 Å². The first kappa shape index (κ1) is 36.2. The Morgan fingerprint density at radius 2 is 1.80 bits per heavy atom. The number of rotatable bonds is 8. The number of fused-ring (bicyclic) bond motifs is 1. The fourth-order valence-corrected chi connectivity index (χ4v) is 8.26. The van der Waals surface area contributed by atoms with Crippen molar-refractivity contribution in [3.8, 4) is 22.5 Å². The fourth-order valence-electron chi connectivity index (χ4n) is 8.26. The molecule has 3 saturated heterocycles. The van der Waals surface area contributed by atoms with Crippen molar-refractivity contribution < 1.29 is 14.3 Å². The van der Waals surface area contributed by atoms with Crippen molar-refractivity contribution in [2.75, 3.05) is 51.1 Å². The minimum atomic E-state index is -0.558. The summed E-state index contributed by atoms with van der Waals surface area (Å²) in [5, 5.41) is 17.7. The molecule has 4 N–H and O–H groups in total. The molecule has 0 unspecified atom stereocenters. The average molecular weight is 704 g/mol. The molecule has 3 fully saturated rings. The van der Waals surface area contributed by atoms with E-state index in [1.165, 1.54) is 75.9 Å². The molecule has 2 amide bonds. The van der Waals surface area contributed by atoms with E-state index in [0.29, 0.717) is 46.0 Å². The molecule has 50 heavy (non-hydrogen) atoms. The molecular formula is C39H51ClFN7O2. The summed E-state index contributed by atoms with van der Waals surface area (Å²) in [6, 6.07) is 13.2. The number of anilines is 1. The fraction of sp³-hybridized carbons (Fsp3) is 0.513. The monoisotopic (exact) mass is 703 g/mol. The Balaban J connectivity index is 0.00000432. The summed E-state index contributed by atoms with van der Waals surface area (Å²) in [6.45, 7) is 12.7. The van der Waals surface area contributed by atoms with Gasteiger partial charge in [-0.2, -0.15) is 0 Å². The molecule has 0 aliphatic carbocycles. The standard InChI is InChI=1S/C39H50FN7O2.ClH/c1-25(2)18-29-22-47(23-35(29)48)38(49)45-33-20-30(40)19-31(26(33)3)36-32-21-34(44-37(32)43-24-42-36)28-6-4-27(5-7-28)8-15-46-16-11-39(12-17-46)9-13-41-14-10-39;/h4-7,19-21,24-25,29,35,41,48H,8-18,22-23H2,1-3H3,(H,45,49)(H,42,43,44);1H/t29-,35+;/m1./s1. The second kappa shape index (κ2) is 15.4. The number of H-pyrrole nitrogens is 1. The molecule has 268 valence electrons. The highest BCUT2D eigenvalue weighted by Crippen LogP contribution is 2.40. The van der Waals surface area contributed by atoms with E-state index in [1.54, 1.807) is 4.90 Å². The van der Waals surface area contributed by atoms with Gasteiger partial charge < -0.3 is 30.5 Å². The van der Waals surface area contributed by atoms with Gasteiger partial charge >= 0.3 is 6.03 Å². The normalized spacial score (nSPS) is 20.8. The van der Waals surface area contributed by atoms with Crippen LogP contribution in [0.25, 0.3) is 33.5 Å². The van der Waals surface area contributed by atoms with Gasteiger partial charge in [-0.15, -0.1) is 12.4 Å². The van der Waals surface area contributed by atoms with Crippen LogP contribution in [0.2, 0.25) is 0 Å². The number of carbonyl (C=O) groups excluding carboxylic acids is 1. The van der Waals surface area contributed by atoms with E-state index in [4.69, 9.17) is 0 Å². The van der Waals surface area contributed by atoms with Crippen LogP contribution in [0, 0.1) is 30.0 Å². The highest BCUT2D eigenvalue weighted by Gasteiger charge is 2.36. The summed E-state index contributed by atoms with van der Waals surface area (Å²) in [4.78, 5) is 30.0. The van der Waals surface area contributed by atoms with Crippen LogP contribution in [0.4, 0.5) is 14.9 Å². The van der Waals surface area contributed by atoms with Crippen molar-refractivity contribution >= 4 is 35.2 Å². The lowest BCUT2D eigenvalue weighted by Crippen LogP contribution is -2.45. The van der Waals surface area contributed by atoms with Crippen molar-refractivity contribution in [3.05, 3.63) is 65.7 Å². The Hall–Kier alpha value is -3.57. The maximum absolute atomic E-state index is 15.1. The first-order valence-electron chi connectivity index (χ1n) is 18.1. The number of aliphatic hydroxyl groups is 1. The molecule has 0 radical (unpaired) electrons. The van der Waals surface area contributed by atoms with E-state index in [-0.39, 0.29) is 30.9 Å². The zero-order valence-electron chi connectivity index (χ0n) is 29.5. The number of urea groups is 1. The van der Waals surface area contributed by atoms with Crippen LogP contribution in [0.3, 0.4) is 0 Å². The molecular weight excluding hydrogens is 653 g/mol. The molecule has 5 heterocycles. The number of likely N-dealkylation sites (tertiary alicyclic amines) is 2. The van der Waals surface area contributed by atoms with Gasteiger partial charge in [0.1, 0.15) is 17.8 Å². The van der Waals surface area contributed by atoms with Crippen molar-refractivity contribution in [2.24, 2.45) is 17.3 Å². The molecule has 2 aromatic carbocycles. The Bertz CT molecular complexity index is 1780. The Morgan fingerprint density at radius 1 is 1.06 bits per heavy atom. The lowest BCUT2D eigenvalue weighted by atomic mass is 9.71. The van der Waals surface area contributed by atoms with Gasteiger partial charge in [-0.25, -0.2) is 19.2 Å². The summed E-state index contributed by atoms with van der Waals surface area (Å²) in [7, 11) is 0. The lowest BCUT2D eigenvalue weighted by Gasteiger charge is -2.44. The molecule has 3 aliphatic heterocycles. The molecule has 9 nitrogen and oxygen atoms in total. The Morgan fingerprint density at radius 3 is 2.52 bits per heavy atom. The number of nitrogens with zero attached hydrogens (tertiary/aromatic N) is 4. The molecule has 1 spiro atoms. The summed E-state index contributed by atoms with van der Waals surface area (Å²) in [5.41, 5.74) is 6.81. The van der Waals surface area contributed by atoms with Crippen molar-refractivity contribution in [2.45, 2.75) is 65.4 Å². The number of hydrogen-bond donors (Lipinski definition) is 4. The van der Waals surface area contributed by atoms with Crippen LogP contribution in [-0.4, -0.2) is 87.8 Å². The third-order valence-corrected chi connectivity index (χ3v) is 11.3. The molecule has 2 atom stereocenters. The highest BCUT2D eigenvalue weighted by atomic mass is 35.5. The summed E-state index contributed by atoms with van der Waals surface area (Å²) < 4.78 is 15.1. The number of aliphatic hydroxyl groups excluding tert-OH is 1. The second-order valence-electron chi connectivity index (χ2n) is 15.1. The quantitative estimate of drug-likeness (QED) is 0.157.